The highest BCUT2D eigenvalue weighted by Gasteiger charge is 2.49. The van der Waals surface area contributed by atoms with Crippen LogP contribution in [0.25, 0.3) is 0 Å². The number of hydroxylamine groups is 2. The van der Waals surface area contributed by atoms with Crippen LogP contribution in [0, 0.1) is 0 Å². The molecular formula is C49H70N3O21S3+. The Balaban J connectivity index is 1.41. The van der Waals surface area contributed by atoms with Gasteiger partial charge in [0.1, 0.15) is 6.61 Å². The molecule has 27 heteroatoms. The number of allylic oxidation sites excluding steroid dienone is 4. The summed E-state index contributed by atoms with van der Waals surface area (Å²) in [6.07, 6.45) is 5.26. The molecule has 2 aromatic carbocycles. The normalized spacial score (nSPS) is 19.5. The van der Waals surface area contributed by atoms with Crippen molar-refractivity contribution in [2.45, 2.75) is 73.0 Å². The molecule has 1 fully saturated rings. The Morgan fingerprint density at radius 2 is 1.18 bits per heavy atom. The minimum atomic E-state index is -4.70. The quantitative estimate of drug-likeness (QED) is 0.0382. The zero-order chi connectivity index (χ0) is 55.6. The van der Waals surface area contributed by atoms with Crippen LogP contribution in [0.3, 0.4) is 0 Å². The first kappa shape index (κ1) is 62.3. The van der Waals surface area contributed by atoms with Crippen LogP contribution in [0.5, 0.6) is 0 Å². The van der Waals surface area contributed by atoms with Crippen molar-refractivity contribution in [2.24, 2.45) is 0 Å². The van der Waals surface area contributed by atoms with E-state index < -0.39 is 64.7 Å². The van der Waals surface area contributed by atoms with E-state index in [9.17, 15) is 53.3 Å². The van der Waals surface area contributed by atoms with E-state index in [0.717, 1.165) is 0 Å². The van der Waals surface area contributed by atoms with Crippen molar-refractivity contribution in [2.75, 3.05) is 130 Å². The molecule has 0 spiro atoms. The summed E-state index contributed by atoms with van der Waals surface area (Å²) in [5.41, 5.74) is 1.20. The summed E-state index contributed by atoms with van der Waals surface area (Å²) >= 11 is 0. The van der Waals surface area contributed by atoms with E-state index in [1.54, 1.807) is 44.4 Å². The van der Waals surface area contributed by atoms with Gasteiger partial charge >= 0.3 is 5.97 Å². The Kier molecular flexibility index (Phi) is 23.6. The number of hydrogen-bond donors (Lipinski definition) is 3. The van der Waals surface area contributed by atoms with Gasteiger partial charge in [0.25, 0.3) is 42.2 Å². The van der Waals surface area contributed by atoms with Crippen molar-refractivity contribution >= 4 is 65.2 Å². The zero-order valence-electron chi connectivity index (χ0n) is 43.2. The van der Waals surface area contributed by atoms with Crippen molar-refractivity contribution < 1.29 is 101 Å². The van der Waals surface area contributed by atoms with Gasteiger partial charge in [-0.2, -0.15) is 29.8 Å². The smallest absolute Gasteiger partial charge is 0.335 e. The SMILES string of the molecule is COCCOCCOCCOCCOCCOCC[N+]1=C(/C=C/C=C2/N(CCOCCC(=O)ON3C(=O)CCC3=O)c3ccc(S(=O)(=O)O)cc3C2(C)CCOC)C(C)(CCCS(=O)(=O)O)c2cc(S(=O)(=O)O)ccc21. The first-order valence-corrected chi connectivity index (χ1v) is 29.1. The number of rotatable bonds is 36. The van der Waals surface area contributed by atoms with Gasteiger partial charge in [-0.1, -0.05) is 6.08 Å². The van der Waals surface area contributed by atoms with Gasteiger partial charge in [-0.25, -0.2) is 4.79 Å². The van der Waals surface area contributed by atoms with Crippen molar-refractivity contribution in [3.05, 3.63) is 71.5 Å². The number of carbonyl (C=O) groups is 3. The highest BCUT2D eigenvalue weighted by Crippen LogP contribution is 2.51. The monoisotopic (exact) mass is 1130 g/mol. The molecule has 5 rings (SSSR count). The maximum absolute atomic E-state index is 12.5. The lowest BCUT2D eigenvalue weighted by Crippen LogP contribution is -2.33. The van der Waals surface area contributed by atoms with Gasteiger partial charge < -0.3 is 47.6 Å². The lowest BCUT2D eigenvalue weighted by molar-refractivity contribution is -0.442. The Bertz CT molecular complexity index is 2750. The molecular weight excluding hydrogens is 1060 g/mol. The van der Waals surface area contributed by atoms with Crippen molar-refractivity contribution in [3.8, 4) is 0 Å². The molecule has 2 unspecified atom stereocenters. The highest BCUT2D eigenvalue weighted by molar-refractivity contribution is 7.86. The molecule has 0 radical (unpaired) electrons. The molecule has 424 valence electrons. The predicted octanol–water partition coefficient (Wildman–Crippen LogP) is 3.20. The van der Waals surface area contributed by atoms with Crippen LogP contribution in [0.2, 0.25) is 0 Å². The highest BCUT2D eigenvalue weighted by atomic mass is 32.2. The second kappa shape index (κ2) is 28.9. The van der Waals surface area contributed by atoms with Crippen LogP contribution in [-0.2, 0) is 98.3 Å². The molecule has 2 atom stereocenters. The Morgan fingerprint density at radius 3 is 1.74 bits per heavy atom. The second-order valence-electron chi connectivity index (χ2n) is 18.2. The standard InChI is InChI=1S/C49H69N3O21S3/c1-48(16-6-34-74(56,57)58)39-35-37(75(59,60)61)9-11-41(39)50(19-23-68-26-27-70-30-31-72-33-32-71-29-28-69-25-24-66-4)43(48)7-5-8-44-49(2,17-21-65-3)40-36-38(76(62,63)64)10-12-42(40)51(44)18-22-67-20-15-47(55)73-52-45(53)13-14-46(52)54/h5,7-12,35-36H,6,13-34H2,1-4H3,(H2-,56,57,58,59,60,61,62,63,64)/p+1. The molecule has 0 bridgehead atoms. The molecule has 2 amide bonds. The first-order valence-electron chi connectivity index (χ1n) is 24.6. The summed E-state index contributed by atoms with van der Waals surface area (Å²) in [7, 11) is -10.6. The Morgan fingerprint density at radius 1 is 0.658 bits per heavy atom. The third-order valence-electron chi connectivity index (χ3n) is 12.9. The maximum Gasteiger partial charge on any atom is 0.335 e. The number of nitrogens with zero attached hydrogens (tertiary/aromatic N) is 3. The third-order valence-corrected chi connectivity index (χ3v) is 15.4. The van der Waals surface area contributed by atoms with Crippen molar-refractivity contribution in [3.63, 3.8) is 0 Å². The number of imide groups is 1. The fourth-order valence-corrected chi connectivity index (χ4v) is 10.6. The number of hydrogen-bond acceptors (Lipinski definition) is 19. The van der Waals surface area contributed by atoms with Crippen LogP contribution in [0.15, 0.2) is 70.1 Å². The molecule has 2 aromatic rings. The number of anilines is 1. The molecule has 76 heavy (non-hydrogen) atoms. The number of methoxy groups -OCH3 is 2. The molecule has 0 aliphatic carbocycles. The van der Waals surface area contributed by atoms with Crippen LogP contribution in [-0.4, -0.2) is 198 Å². The minimum Gasteiger partial charge on any atom is -0.385 e. The van der Waals surface area contributed by atoms with Crippen LogP contribution < -0.4 is 4.90 Å². The summed E-state index contributed by atoms with van der Waals surface area (Å²) in [6, 6.07) is 8.34. The van der Waals surface area contributed by atoms with Crippen LogP contribution in [0.4, 0.5) is 11.4 Å². The molecule has 3 aliphatic rings. The Hall–Kier alpha value is -4.59. The Labute approximate surface area is 444 Å². The number of ether oxygens (including phenoxy) is 8. The predicted molar refractivity (Wildman–Crippen MR) is 272 cm³/mol. The summed E-state index contributed by atoms with van der Waals surface area (Å²) in [4.78, 5) is 42.5. The van der Waals surface area contributed by atoms with Gasteiger partial charge in [0.2, 0.25) is 5.69 Å². The van der Waals surface area contributed by atoms with Crippen LogP contribution in [0.1, 0.15) is 63.5 Å². The molecule has 0 saturated carbocycles. The average Bonchev–Trinajstić information content (AvgIpc) is 3.89. The third kappa shape index (κ3) is 17.5. The zero-order valence-corrected chi connectivity index (χ0v) is 45.7. The fourth-order valence-electron chi connectivity index (χ4n) is 9.04. The van der Waals surface area contributed by atoms with E-state index in [-0.39, 0.29) is 94.6 Å². The van der Waals surface area contributed by atoms with Crippen molar-refractivity contribution in [1.82, 2.24) is 5.06 Å². The second-order valence-corrected chi connectivity index (χ2v) is 22.6. The number of carbonyl (C=O) groups excluding carboxylic acids is 3. The molecule has 0 aromatic heterocycles. The largest absolute Gasteiger partial charge is 0.385 e. The summed E-state index contributed by atoms with van der Waals surface area (Å²) in [5.74, 6) is -2.68. The lowest BCUT2D eigenvalue weighted by atomic mass is 9.75. The topological polar surface area (TPSA) is 307 Å². The van der Waals surface area contributed by atoms with Crippen molar-refractivity contribution in [1.29, 1.82) is 0 Å². The summed E-state index contributed by atoms with van der Waals surface area (Å²) in [5, 5.41) is 0.450. The number of benzene rings is 2. The first-order chi connectivity index (χ1) is 36.0. The van der Waals surface area contributed by atoms with E-state index in [1.165, 1.54) is 31.4 Å². The fraction of sp³-hybridized carbons (Fsp3) is 0.592. The molecule has 1 saturated heterocycles. The van der Waals surface area contributed by atoms with Crippen LogP contribution >= 0.6 is 0 Å². The molecule has 3 heterocycles. The average molecular weight is 1130 g/mol. The van der Waals surface area contributed by atoms with Gasteiger partial charge in [-0.05, 0) is 75.1 Å². The molecule has 3 aliphatic heterocycles. The van der Waals surface area contributed by atoms with Gasteiger partial charge in [0.15, 0.2) is 12.3 Å². The molecule has 24 nitrogen and oxygen atoms in total. The summed E-state index contributed by atoms with van der Waals surface area (Å²) in [6.45, 7) is 8.03. The maximum atomic E-state index is 12.5. The molecule has 3 N–H and O–H groups in total. The van der Waals surface area contributed by atoms with Gasteiger partial charge in [-0.15, -0.1) is 5.06 Å². The summed E-state index contributed by atoms with van der Waals surface area (Å²) < 4.78 is 150. The number of amides is 2. The number of fused-ring (bicyclic) bond motifs is 2. The van der Waals surface area contributed by atoms with E-state index in [2.05, 4.69) is 0 Å². The van der Waals surface area contributed by atoms with Gasteiger partial charge in [0, 0.05) is 74.7 Å². The van der Waals surface area contributed by atoms with Gasteiger partial charge in [0.05, 0.1) is 107 Å². The van der Waals surface area contributed by atoms with E-state index in [0.29, 0.717) is 98.2 Å². The van der Waals surface area contributed by atoms with Gasteiger partial charge in [-0.3, -0.25) is 23.2 Å². The van der Waals surface area contributed by atoms with E-state index in [1.807, 2.05) is 16.4 Å². The lowest BCUT2D eigenvalue weighted by Gasteiger charge is -2.30. The van der Waals surface area contributed by atoms with E-state index in [4.69, 9.17) is 42.7 Å². The van der Waals surface area contributed by atoms with E-state index >= 15 is 0 Å². The minimum absolute atomic E-state index is 0.0134.